The number of carbonyl (C=O) groups is 1. The fourth-order valence-electron chi connectivity index (χ4n) is 2.74. The number of hydrogen-bond donors (Lipinski definition) is 2. The van der Waals surface area contributed by atoms with Crippen LogP contribution in [0.3, 0.4) is 0 Å². The van der Waals surface area contributed by atoms with Gasteiger partial charge in [-0.3, -0.25) is 4.79 Å². The van der Waals surface area contributed by atoms with Gasteiger partial charge in [0.25, 0.3) is 0 Å². The molecule has 0 radical (unpaired) electrons. The fraction of sp³-hybridized carbons (Fsp3) is 0.412. The van der Waals surface area contributed by atoms with Crippen molar-refractivity contribution in [1.29, 1.82) is 0 Å². The van der Waals surface area contributed by atoms with Crippen molar-refractivity contribution in [3.05, 3.63) is 40.9 Å². The normalized spacial score (nSPS) is 17.0. The number of halogens is 4. The first-order valence-electron chi connectivity index (χ1n) is 8.04. The van der Waals surface area contributed by atoms with Gasteiger partial charge in [-0.15, -0.1) is 23.7 Å². The molecule has 1 atom stereocenters. The molecule has 0 saturated carbocycles. The third-order valence-electron chi connectivity index (χ3n) is 4.07. The molecule has 142 valence electrons. The van der Waals surface area contributed by atoms with Crippen LogP contribution in [0.15, 0.2) is 29.6 Å². The molecule has 2 aromatic rings. The van der Waals surface area contributed by atoms with E-state index in [1.165, 1.54) is 23.5 Å². The Morgan fingerprint density at radius 1 is 1.31 bits per heavy atom. The Bertz CT molecular complexity index is 728. The van der Waals surface area contributed by atoms with Crippen molar-refractivity contribution in [2.24, 2.45) is 0 Å². The van der Waals surface area contributed by atoms with Crippen molar-refractivity contribution in [3.8, 4) is 10.6 Å². The summed E-state index contributed by atoms with van der Waals surface area (Å²) < 4.78 is 37.8. The van der Waals surface area contributed by atoms with Crippen LogP contribution >= 0.6 is 23.7 Å². The molecule has 1 aromatic heterocycles. The highest BCUT2D eigenvalue weighted by Gasteiger charge is 2.30. The second-order valence-electron chi connectivity index (χ2n) is 5.99. The van der Waals surface area contributed by atoms with E-state index >= 15 is 0 Å². The van der Waals surface area contributed by atoms with Gasteiger partial charge < -0.3 is 10.6 Å². The molecule has 1 aliphatic rings. The molecule has 1 aliphatic heterocycles. The first kappa shape index (κ1) is 20.7. The number of nitrogens with zero attached hydrogens (tertiary/aromatic N) is 1. The summed E-state index contributed by atoms with van der Waals surface area (Å²) in [5, 5.41) is 8.55. The summed E-state index contributed by atoms with van der Waals surface area (Å²) in [6.45, 7) is 1.28. The molecule has 1 unspecified atom stereocenters. The quantitative estimate of drug-likeness (QED) is 0.790. The zero-order valence-corrected chi connectivity index (χ0v) is 15.4. The summed E-state index contributed by atoms with van der Waals surface area (Å²) in [5.41, 5.74) is 0.652. The zero-order valence-electron chi connectivity index (χ0n) is 13.8. The van der Waals surface area contributed by atoms with E-state index in [1.54, 1.807) is 5.38 Å². The summed E-state index contributed by atoms with van der Waals surface area (Å²) in [6.07, 6.45) is -1.77. The van der Waals surface area contributed by atoms with Gasteiger partial charge in [0, 0.05) is 23.4 Å². The molecular weight excluding hydrogens is 387 g/mol. The Labute approximate surface area is 159 Å². The van der Waals surface area contributed by atoms with Crippen LogP contribution in [0.25, 0.3) is 10.6 Å². The number of aromatic nitrogens is 1. The standard InChI is InChI=1S/C17H18F3N3OS.ClH/c18-17(19,20)12-5-3-11(4-6-12)16-23-14(10-25-16)9-22-15(24)8-13-2-1-7-21-13;/h3-6,10,13,21H,1-2,7-9H2,(H,22,24);1H. The summed E-state index contributed by atoms with van der Waals surface area (Å²) in [4.78, 5) is 16.3. The van der Waals surface area contributed by atoms with Gasteiger partial charge in [-0.05, 0) is 31.5 Å². The monoisotopic (exact) mass is 405 g/mol. The van der Waals surface area contributed by atoms with E-state index in [2.05, 4.69) is 15.6 Å². The lowest BCUT2D eigenvalue weighted by Crippen LogP contribution is -2.31. The maximum Gasteiger partial charge on any atom is 0.416 e. The van der Waals surface area contributed by atoms with Crippen molar-refractivity contribution < 1.29 is 18.0 Å². The molecule has 4 nitrogen and oxygen atoms in total. The molecular formula is C17H19ClF3N3OS. The number of hydrogen-bond acceptors (Lipinski definition) is 4. The minimum absolute atomic E-state index is 0. The molecule has 1 saturated heterocycles. The second kappa shape index (κ2) is 8.83. The van der Waals surface area contributed by atoms with Crippen LogP contribution in [0.2, 0.25) is 0 Å². The van der Waals surface area contributed by atoms with Crippen LogP contribution in [0, 0.1) is 0 Å². The number of rotatable bonds is 5. The number of nitrogens with one attached hydrogen (secondary N) is 2. The SMILES string of the molecule is Cl.O=C(CC1CCCN1)NCc1csc(-c2ccc(C(F)(F)F)cc2)n1. The molecule has 1 amide bonds. The Morgan fingerprint density at radius 2 is 2.04 bits per heavy atom. The molecule has 2 heterocycles. The van der Waals surface area contributed by atoms with Crippen LogP contribution in [-0.2, 0) is 17.5 Å². The van der Waals surface area contributed by atoms with E-state index in [0.717, 1.165) is 31.5 Å². The van der Waals surface area contributed by atoms with E-state index in [4.69, 9.17) is 0 Å². The highest BCUT2D eigenvalue weighted by Crippen LogP contribution is 2.31. The van der Waals surface area contributed by atoms with E-state index < -0.39 is 11.7 Å². The molecule has 2 N–H and O–H groups in total. The van der Waals surface area contributed by atoms with Crippen molar-refractivity contribution in [1.82, 2.24) is 15.6 Å². The summed E-state index contributed by atoms with van der Waals surface area (Å²) >= 11 is 1.34. The largest absolute Gasteiger partial charge is 0.416 e. The number of benzene rings is 1. The minimum Gasteiger partial charge on any atom is -0.350 e. The van der Waals surface area contributed by atoms with Gasteiger partial charge in [0.05, 0.1) is 17.8 Å². The van der Waals surface area contributed by atoms with Gasteiger partial charge in [-0.25, -0.2) is 4.98 Å². The summed E-state index contributed by atoms with van der Waals surface area (Å²) in [6, 6.07) is 5.17. The fourth-order valence-corrected chi connectivity index (χ4v) is 3.56. The van der Waals surface area contributed by atoms with Gasteiger partial charge in [0.2, 0.25) is 5.91 Å². The van der Waals surface area contributed by atoms with Crippen LogP contribution in [0.1, 0.15) is 30.5 Å². The molecule has 1 fully saturated rings. The summed E-state index contributed by atoms with van der Waals surface area (Å²) in [5.74, 6) is -0.0246. The Kier molecular flexibility index (Phi) is 7.02. The maximum absolute atomic E-state index is 12.6. The zero-order chi connectivity index (χ0) is 17.9. The molecule has 9 heteroatoms. The Balaban J connectivity index is 0.00000243. The maximum atomic E-state index is 12.6. The lowest BCUT2D eigenvalue weighted by atomic mass is 10.1. The van der Waals surface area contributed by atoms with E-state index in [1.807, 2.05) is 0 Å². The topological polar surface area (TPSA) is 54.0 Å². The number of amides is 1. The smallest absolute Gasteiger partial charge is 0.350 e. The molecule has 0 spiro atoms. The molecule has 0 aliphatic carbocycles. The van der Waals surface area contributed by atoms with Crippen LogP contribution in [-0.4, -0.2) is 23.5 Å². The van der Waals surface area contributed by atoms with Gasteiger partial charge in [-0.1, -0.05) is 12.1 Å². The van der Waals surface area contributed by atoms with E-state index in [0.29, 0.717) is 29.2 Å². The Morgan fingerprint density at radius 3 is 2.65 bits per heavy atom. The van der Waals surface area contributed by atoms with Crippen molar-refractivity contribution >= 4 is 29.7 Å². The highest BCUT2D eigenvalue weighted by molar-refractivity contribution is 7.13. The predicted molar refractivity (Wildman–Crippen MR) is 97.3 cm³/mol. The number of thiazole rings is 1. The molecule has 3 rings (SSSR count). The first-order valence-corrected chi connectivity index (χ1v) is 8.92. The van der Waals surface area contributed by atoms with Crippen molar-refractivity contribution in [2.75, 3.05) is 6.54 Å². The second-order valence-corrected chi connectivity index (χ2v) is 6.85. The number of alkyl halides is 3. The average molecular weight is 406 g/mol. The predicted octanol–water partition coefficient (Wildman–Crippen LogP) is 4.01. The third kappa shape index (κ3) is 5.43. The lowest BCUT2D eigenvalue weighted by Gasteiger charge is -2.09. The minimum atomic E-state index is -4.34. The van der Waals surface area contributed by atoms with Crippen LogP contribution in [0.5, 0.6) is 0 Å². The van der Waals surface area contributed by atoms with Crippen LogP contribution < -0.4 is 10.6 Å². The van der Waals surface area contributed by atoms with Crippen molar-refractivity contribution in [3.63, 3.8) is 0 Å². The lowest BCUT2D eigenvalue weighted by molar-refractivity contribution is -0.137. The highest BCUT2D eigenvalue weighted by atomic mass is 35.5. The van der Waals surface area contributed by atoms with Gasteiger partial charge >= 0.3 is 6.18 Å². The van der Waals surface area contributed by atoms with Crippen molar-refractivity contribution in [2.45, 2.75) is 38.0 Å². The Hall–Kier alpha value is -1.64. The van der Waals surface area contributed by atoms with Gasteiger partial charge in [0.15, 0.2) is 0 Å². The van der Waals surface area contributed by atoms with Gasteiger partial charge in [0.1, 0.15) is 5.01 Å². The van der Waals surface area contributed by atoms with E-state index in [-0.39, 0.29) is 24.4 Å². The summed E-state index contributed by atoms with van der Waals surface area (Å²) in [7, 11) is 0. The third-order valence-corrected chi connectivity index (χ3v) is 5.01. The molecule has 26 heavy (non-hydrogen) atoms. The van der Waals surface area contributed by atoms with Gasteiger partial charge in [-0.2, -0.15) is 13.2 Å². The first-order chi connectivity index (χ1) is 11.9. The van der Waals surface area contributed by atoms with E-state index in [9.17, 15) is 18.0 Å². The van der Waals surface area contributed by atoms with Crippen LogP contribution in [0.4, 0.5) is 13.2 Å². The molecule has 1 aromatic carbocycles. The molecule has 0 bridgehead atoms. The average Bonchev–Trinajstić information content (AvgIpc) is 3.24. The number of carbonyl (C=O) groups excluding carboxylic acids is 1.